The molecule has 2 aromatic carbocycles. The maximum Gasteiger partial charge on any atom is 0.244 e. The van der Waals surface area contributed by atoms with Gasteiger partial charge >= 0.3 is 0 Å². The van der Waals surface area contributed by atoms with Gasteiger partial charge in [0.1, 0.15) is 25.8 Å². The van der Waals surface area contributed by atoms with Crippen LogP contribution in [0.2, 0.25) is 10.0 Å². The van der Waals surface area contributed by atoms with Gasteiger partial charge in [0, 0.05) is 18.7 Å². The van der Waals surface area contributed by atoms with Gasteiger partial charge in [-0.25, -0.2) is 8.42 Å². The Morgan fingerprint density at radius 2 is 1.67 bits per heavy atom. The van der Waals surface area contributed by atoms with Crippen molar-refractivity contribution in [3.05, 3.63) is 52.0 Å². The summed E-state index contributed by atoms with van der Waals surface area (Å²) in [6.45, 7) is 7.38. The second-order valence-electron chi connectivity index (χ2n) is 9.25. The maximum absolute atomic E-state index is 13.9. The third-order valence-corrected chi connectivity index (χ3v) is 9.00. The first-order valence-electron chi connectivity index (χ1n) is 12.9. The van der Waals surface area contributed by atoms with E-state index in [9.17, 15) is 18.0 Å². The molecular formula is C27H35Cl2N3O6S. The van der Waals surface area contributed by atoms with E-state index in [4.69, 9.17) is 32.7 Å². The third kappa shape index (κ3) is 7.70. The molecule has 0 saturated heterocycles. The molecule has 2 unspecified atom stereocenters. The summed E-state index contributed by atoms with van der Waals surface area (Å²) < 4.78 is 38.6. The Morgan fingerprint density at radius 1 is 0.974 bits per heavy atom. The van der Waals surface area contributed by atoms with E-state index in [0.717, 1.165) is 10.7 Å². The molecule has 2 amide bonds. The number of hydrogen-bond donors (Lipinski definition) is 1. The number of hydrogen-bond acceptors (Lipinski definition) is 6. The summed E-state index contributed by atoms with van der Waals surface area (Å²) in [5.41, 5.74) is 0.915. The zero-order chi connectivity index (χ0) is 28.7. The van der Waals surface area contributed by atoms with Crippen LogP contribution in [-0.4, -0.2) is 62.7 Å². The van der Waals surface area contributed by atoms with Crippen molar-refractivity contribution < 1.29 is 27.5 Å². The van der Waals surface area contributed by atoms with E-state index in [1.54, 1.807) is 43.3 Å². The Morgan fingerprint density at radius 3 is 2.28 bits per heavy atom. The average molecular weight is 601 g/mol. The van der Waals surface area contributed by atoms with Gasteiger partial charge in [-0.05, 0) is 56.5 Å². The molecule has 1 aliphatic rings. The highest BCUT2D eigenvalue weighted by Crippen LogP contribution is 2.35. The van der Waals surface area contributed by atoms with Crippen LogP contribution in [0.3, 0.4) is 0 Å². The van der Waals surface area contributed by atoms with Crippen LogP contribution in [0.1, 0.15) is 46.1 Å². The van der Waals surface area contributed by atoms with Gasteiger partial charge in [0.25, 0.3) is 0 Å². The zero-order valence-electron chi connectivity index (χ0n) is 22.6. The molecule has 0 saturated carbocycles. The van der Waals surface area contributed by atoms with Crippen LogP contribution >= 0.6 is 23.2 Å². The first kappa shape index (κ1) is 30.8. The normalized spacial score (nSPS) is 14.3. The van der Waals surface area contributed by atoms with Crippen molar-refractivity contribution in [2.75, 3.05) is 29.8 Å². The summed E-state index contributed by atoms with van der Waals surface area (Å²) in [7, 11) is -3.88. The number of benzene rings is 2. The zero-order valence-corrected chi connectivity index (χ0v) is 24.9. The molecule has 39 heavy (non-hydrogen) atoms. The molecule has 0 fully saturated rings. The van der Waals surface area contributed by atoms with Crippen molar-refractivity contribution in [1.29, 1.82) is 0 Å². The van der Waals surface area contributed by atoms with Crippen molar-refractivity contribution in [3.63, 3.8) is 0 Å². The monoisotopic (exact) mass is 599 g/mol. The fraction of sp³-hybridized carbons (Fsp3) is 0.481. The minimum absolute atomic E-state index is 0.0311. The van der Waals surface area contributed by atoms with Crippen LogP contribution < -0.4 is 19.1 Å². The second kappa shape index (κ2) is 13.6. The minimum atomic E-state index is -3.88. The number of ether oxygens (including phenoxy) is 2. The fourth-order valence-corrected chi connectivity index (χ4v) is 5.48. The van der Waals surface area contributed by atoms with Crippen molar-refractivity contribution in [3.8, 4) is 11.5 Å². The van der Waals surface area contributed by atoms with Crippen LogP contribution in [0.4, 0.5) is 5.69 Å². The summed E-state index contributed by atoms with van der Waals surface area (Å²) in [4.78, 5) is 28.6. The number of anilines is 1. The lowest BCUT2D eigenvalue weighted by Gasteiger charge is -2.34. The molecule has 2 atom stereocenters. The van der Waals surface area contributed by atoms with Crippen LogP contribution in [0, 0.1) is 0 Å². The Bertz CT molecular complexity index is 1290. The molecule has 1 N–H and O–H groups in total. The van der Waals surface area contributed by atoms with Crippen molar-refractivity contribution in [1.82, 2.24) is 10.2 Å². The molecule has 214 valence electrons. The van der Waals surface area contributed by atoms with Crippen molar-refractivity contribution >= 4 is 50.7 Å². The predicted molar refractivity (Wildman–Crippen MR) is 153 cm³/mol. The topological polar surface area (TPSA) is 105 Å². The van der Waals surface area contributed by atoms with E-state index >= 15 is 0 Å². The van der Waals surface area contributed by atoms with Crippen LogP contribution in [0.15, 0.2) is 36.4 Å². The molecule has 1 aliphatic heterocycles. The third-order valence-electron chi connectivity index (χ3n) is 6.52. The SMILES string of the molecule is CCC(C)NC(=O)C(CC)N(Cc1ccc(Cl)c(Cl)c1)C(=O)CN(c1ccc2c(c1)OCCO2)S(=O)(=O)CC. The average Bonchev–Trinajstić information content (AvgIpc) is 2.92. The van der Waals surface area contributed by atoms with E-state index in [1.807, 2.05) is 13.8 Å². The number of nitrogens with zero attached hydrogens (tertiary/aromatic N) is 2. The van der Waals surface area contributed by atoms with Gasteiger partial charge in [-0.3, -0.25) is 13.9 Å². The fourth-order valence-electron chi connectivity index (χ4n) is 4.10. The smallest absolute Gasteiger partial charge is 0.244 e. The van der Waals surface area contributed by atoms with Crippen LogP contribution in [0.25, 0.3) is 0 Å². The summed E-state index contributed by atoms with van der Waals surface area (Å²) in [5, 5.41) is 3.61. The Hall–Kier alpha value is -2.69. The van der Waals surface area contributed by atoms with Crippen LogP contribution in [-0.2, 0) is 26.2 Å². The molecule has 1 heterocycles. The maximum atomic E-state index is 13.9. The lowest BCUT2D eigenvalue weighted by molar-refractivity contribution is -0.140. The van der Waals surface area contributed by atoms with Gasteiger partial charge < -0.3 is 19.7 Å². The molecule has 3 rings (SSSR count). The number of carbonyl (C=O) groups excluding carboxylic acids is 2. The Labute approximate surface area is 240 Å². The Kier molecular flexibility index (Phi) is 10.7. The molecule has 0 spiro atoms. The predicted octanol–water partition coefficient (Wildman–Crippen LogP) is 4.64. The van der Waals surface area contributed by atoms with Crippen LogP contribution in [0.5, 0.6) is 11.5 Å². The summed E-state index contributed by atoms with van der Waals surface area (Å²) in [6, 6.07) is 8.77. The minimum Gasteiger partial charge on any atom is -0.486 e. The highest BCUT2D eigenvalue weighted by molar-refractivity contribution is 7.92. The molecule has 0 aromatic heterocycles. The van der Waals surface area contributed by atoms with E-state index in [1.165, 1.54) is 11.8 Å². The van der Waals surface area contributed by atoms with Gasteiger partial charge in [-0.1, -0.05) is 43.1 Å². The summed E-state index contributed by atoms with van der Waals surface area (Å²) in [6.07, 6.45) is 1.04. The summed E-state index contributed by atoms with van der Waals surface area (Å²) in [5.74, 6) is -0.190. The number of fused-ring (bicyclic) bond motifs is 1. The van der Waals surface area contributed by atoms with Gasteiger partial charge in [0.05, 0.1) is 21.5 Å². The van der Waals surface area contributed by atoms with Gasteiger partial charge in [0.2, 0.25) is 21.8 Å². The largest absolute Gasteiger partial charge is 0.486 e. The number of halogens is 2. The number of carbonyl (C=O) groups is 2. The first-order valence-corrected chi connectivity index (χ1v) is 15.3. The summed E-state index contributed by atoms with van der Waals surface area (Å²) >= 11 is 12.3. The number of nitrogens with one attached hydrogen (secondary N) is 1. The van der Waals surface area contributed by atoms with Gasteiger partial charge in [0.15, 0.2) is 11.5 Å². The number of sulfonamides is 1. The van der Waals surface area contributed by atoms with E-state index in [0.29, 0.717) is 46.7 Å². The first-order chi connectivity index (χ1) is 18.5. The highest BCUT2D eigenvalue weighted by Gasteiger charge is 2.33. The molecule has 12 heteroatoms. The molecule has 0 aliphatic carbocycles. The molecule has 9 nitrogen and oxygen atoms in total. The number of amides is 2. The van der Waals surface area contributed by atoms with Gasteiger partial charge in [-0.2, -0.15) is 0 Å². The molecule has 0 radical (unpaired) electrons. The lowest BCUT2D eigenvalue weighted by atomic mass is 10.1. The number of rotatable bonds is 12. The molecule has 2 aromatic rings. The standard InChI is InChI=1S/C27H35Cl2N3O6S/c1-5-18(4)30-27(34)23(6-2)31(16-19-8-10-21(28)22(29)14-19)26(33)17-32(39(35,36)7-3)20-9-11-24-25(15-20)38-13-12-37-24/h8-11,14-15,18,23H,5-7,12-13,16-17H2,1-4H3,(H,30,34). The highest BCUT2D eigenvalue weighted by atomic mass is 35.5. The Balaban J connectivity index is 2.00. The van der Waals surface area contributed by atoms with E-state index < -0.39 is 28.5 Å². The quantitative estimate of drug-likeness (QED) is 0.381. The molecular weight excluding hydrogens is 565 g/mol. The van der Waals surface area contributed by atoms with Crippen molar-refractivity contribution in [2.45, 2.75) is 59.2 Å². The second-order valence-corrected chi connectivity index (χ2v) is 12.2. The molecule has 0 bridgehead atoms. The van der Waals surface area contributed by atoms with Gasteiger partial charge in [-0.15, -0.1) is 0 Å². The van der Waals surface area contributed by atoms with Crippen molar-refractivity contribution in [2.24, 2.45) is 0 Å². The van der Waals surface area contributed by atoms with E-state index in [-0.39, 0.29) is 29.9 Å². The van der Waals surface area contributed by atoms with E-state index in [2.05, 4.69) is 5.32 Å². The lowest BCUT2D eigenvalue weighted by Crippen LogP contribution is -2.53.